The lowest BCUT2D eigenvalue weighted by molar-refractivity contribution is -0.140. The van der Waals surface area contributed by atoms with Crippen molar-refractivity contribution in [2.45, 2.75) is 6.42 Å². The zero-order chi connectivity index (χ0) is 20.1. The van der Waals surface area contributed by atoms with Crippen molar-refractivity contribution in [2.75, 3.05) is 18.7 Å². The van der Waals surface area contributed by atoms with E-state index >= 15 is 0 Å². The van der Waals surface area contributed by atoms with E-state index in [2.05, 4.69) is 12.2 Å². The summed E-state index contributed by atoms with van der Waals surface area (Å²) in [5.41, 5.74) is 0.547. The Kier molecular flexibility index (Phi) is 4.04. The van der Waals surface area contributed by atoms with Crippen LogP contribution in [0.5, 0.6) is 5.75 Å². The average Bonchev–Trinajstić information content (AvgIpc) is 3.53. The second-order valence-corrected chi connectivity index (χ2v) is 7.65. The van der Waals surface area contributed by atoms with Gasteiger partial charge in [0.15, 0.2) is 5.76 Å². The van der Waals surface area contributed by atoms with Crippen LogP contribution >= 0.6 is 0 Å². The molecule has 2 aliphatic carbocycles. The number of carbonyl (C=O) groups excluding carboxylic acids is 3. The van der Waals surface area contributed by atoms with Gasteiger partial charge in [-0.05, 0) is 54.7 Å². The summed E-state index contributed by atoms with van der Waals surface area (Å²) in [6.45, 7) is -0.143. The highest BCUT2D eigenvalue weighted by atomic mass is 16.5. The molecule has 5 rings (SSSR count). The Morgan fingerprint density at radius 3 is 2.31 bits per heavy atom. The van der Waals surface area contributed by atoms with Crippen molar-refractivity contribution in [3.05, 3.63) is 60.6 Å². The Bertz CT molecular complexity index is 965. The number of methoxy groups -OCH3 is 1. The Morgan fingerprint density at radius 2 is 1.76 bits per heavy atom. The maximum atomic E-state index is 13.1. The predicted octanol–water partition coefficient (Wildman–Crippen LogP) is 2.70. The van der Waals surface area contributed by atoms with E-state index < -0.39 is 5.91 Å². The van der Waals surface area contributed by atoms with E-state index in [9.17, 15) is 14.4 Å². The number of imide groups is 1. The SMILES string of the molecule is COc1ccc(N(CN2C(=O)[C@@H]3[C@H](C2=O)[C@@H]2C=C[C@H]3C2)C(=O)c2ccco2)cc1. The van der Waals surface area contributed by atoms with Gasteiger partial charge < -0.3 is 9.15 Å². The number of furan rings is 1. The summed E-state index contributed by atoms with van der Waals surface area (Å²) in [6.07, 6.45) is 6.39. The molecule has 1 aliphatic heterocycles. The maximum Gasteiger partial charge on any atom is 0.295 e. The number of hydrogen-bond acceptors (Lipinski definition) is 5. The number of rotatable bonds is 5. The molecule has 0 unspecified atom stereocenters. The van der Waals surface area contributed by atoms with Gasteiger partial charge in [-0.3, -0.25) is 24.2 Å². The van der Waals surface area contributed by atoms with Gasteiger partial charge in [0, 0.05) is 5.69 Å². The molecule has 1 aromatic heterocycles. The minimum Gasteiger partial charge on any atom is -0.497 e. The molecule has 2 aromatic rings. The van der Waals surface area contributed by atoms with E-state index in [1.807, 2.05) is 0 Å². The van der Waals surface area contributed by atoms with E-state index in [4.69, 9.17) is 9.15 Å². The van der Waals surface area contributed by atoms with E-state index in [0.29, 0.717) is 11.4 Å². The average molecular weight is 392 g/mol. The highest BCUT2D eigenvalue weighted by molar-refractivity contribution is 6.09. The van der Waals surface area contributed by atoms with Crippen LogP contribution in [0.1, 0.15) is 17.0 Å². The number of ether oxygens (including phenoxy) is 1. The number of anilines is 1. The minimum atomic E-state index is -0.418. The molecule has 0 spiro atoms. The lowest BCUT2D eigenvalue weighted by Gasteiger charge is -2.27. The fourth-order valence-corrected chi connectivity index (χ4v) is 4.80. The number of allylic oxidation sites excluding steroid dienone is 2. The number of fused-ring (bicyclic) bond motifs is 5. The van der Waals surface area contributed by atoms with Gasteiger partial charge in [0.2, 0.25) is 11.8 Å². The first kappa shape index (κ1) is 17.7. The van der Waals surface area contributed by atoms with E-state index in [0.717, 1.165) is 6.42 Å². The summed E-state index contributed by atoms with van der Waals surface area (Å²) in [6, 6.07) is 10.1. The van der Waals surface area contributed by atoms with Crippen molar-refractivity contribution in [3.8, 4) is 5.75 Å². The molecule has 29 heavy (non-hydrogen) atoms. The number of hydrogen-bond donors (Lipinski definition) is 0. The molecule has 0 radical (unpaired) electrons. The first-order valence-corrected chi connectivity index (χ1v) is 9.61. The molecule has 2 fully saturated rings. The molecule has 1 aromatic carbocycles. The quantitative estimate of drug-likeness (QED) is 0.577. The third-order valence-corrected chi connectivity index (χ3v) is 6.21. The molecule has 7 nitrogen and oxygen atoms in total. The van der Waals surface area contributed by atoms with Crippen LogP contribution in [0.2, 0.25) is 0 Å². The largest absolute Gasteiger partial charge is 0.497 e. The second-order valence-electron chi connectivity index (χ2n) is 7.65. The fourth-order valence-electron chi connectivity index (χ4n) is 4.80. The van der Waals surface area contributed by atoms with Crippen LogP contribution in [0.15, 0.2) is 59.2 Å². The van der Waals surface area contributed by atoms with Gasteiger partial charge in [-0.15, -0.1) is 0 Å². The Hall–Kier alpha value is -3.35. The molecule has 1 saturated carbocycles. The minimum absolute atomic E-state index is 0.127. The molecule has 4 atom stereocenters. The summed E-state index contributed by atoms with van der Waals surface area (Å²) < 4.78 is 10.4. The molecule has 2 heterocycles. The fraction of sp³-hybridized carbons (Fsp3) is 0.318. The normalized spacial score (nSPS) is 26.9. The molecule has 2 bridgehead atoms. The molecule has 1 saturated heterocycles. The lowest BCUT2D eigenvalue weighted by Crippen LogP contribution is -2.45. The summed E-state index contributed by atoms with van der Waals surface area (Å²) in [7, 11) is 1.56. The number of likely N-dealkylation sites (tertiary alicyclic amines) is 1. The summed E-state index contributed by atoms with van der Waals surface area (Å²) in [5, 5.41) is 0. The molecule has 3 amide bonds. The van der Waals surface area contributed by atoms with Gasteiger partial charge in [0.25, 0.3) is 5.91 Å². The third-order valence-electron chi connectivity index (χ3n) is 6.21. The first-order chi connectivity index (χ1) is 14.1. The Balaban J connectivity index is 1.46. The second kappa shape index (κ2) is 6.62. The monoisotopic (exact) mass is 392 g/mol. The zero-order valence-corrected chi connectivity index (χ0v) is 15.9. The third kappa shape index (κ3) is 2.68. The number of amides is 3. The van der Waals surface area contributed by atoms with E-state index in [1.165, 1.54) is 16.1 Å². The van der Waals surface area contributed by atoms with Crippen molar-refractivity contribution in [3.63, 3.8) is 0 Å². The summed E-state index contributed by atoms with van der Waals surface area (Å²) >= 11 is 0. The van der Waals surface area contributed by atoms with Crippen molar-refractivity contribution in [1.29, 1.82) is 0 Å². The number of benzene rings is 1. The summed E-state index contributed by atoms with van der Waals surface area (Å²) in [5.74, 6) is -0.359. The van der Waals surface area contributed by atoms with Crippen LogP contribution in [-0.4, -0.2) is 36.4 Å². The van der Waals surface area contributed by atoms with Gasteiger partial charge in [-0.1, -0.05) is 12.2 Å². The number of nitrogens with zero attached hydrogens (tertiary/aromatic N) is 2. The van der Waals surface area contributed by atoms with Gasteiger partial charge in [-0.2, -0.15) is 0 Å². The van der Waals surface area contributed by atoms with Crippen molar-refractivity contribution < 1.29 is 23.5 Å². The molecule has 3 aliphatic rings. The lowest BCUT2D eigenvalue weighted by atomic mass is 9.85. The highest BCUT2D eigenvalue weighted by Crippen LogP contribution is 2.52. The number of carbonyl (C=O) groups is 3. The standard InChI is InChI=1S/C22H20N2O5/c1-28-16-8-6-15(7-9-16)23(20(25)17-3-2-10-29-17)12-24-21(26)18-13-4-5-14(11-13)19(18)22(24)27/h2-10,13-14,18-19H,11-12H2,1H3/t13-,14+,18-,19+. The van der Waals surface area contributed by atoms with Crippen LogP contribution < -0.4 is 9.64 Å². The van der Waals surface area contributed by atoms with Crippen LogP contribution in [0.3, 0.4) is 0 Å². The smallest absolute Gasteiger partial charge is 0.295 e. The molecule has 148 valence electrons. The molecule has 7 heteroatoms. The van der Waals surface area contributed by atoms with Crippen molar-refractivity contribution in [2.24, 2.45) is 23.7 Å². The van der Waals surface area contributed by atoms with Gasteiger partial charge in [-0.25, -0.2) is 0 Å². The van der Waals surface area contributed by atoms with Crippen LogP contribution in [0.4, 0.5) is 5.69 Å². The van der Waals surface area contributed by atoms with Gasteiger partial charge in [0.05, 0.1) is 25.2 Å². The first-order valence-electron chi connectivity index (χ1n) is 9.61. The van der Waals surface area contributed by atoms with Crippen LogP contribution in [0.25, 0.3) is 0 Å². The molecule has 0 N–H and O–H groups in total. The maximum absolute atomic E-state index is 13.1. The Labute approximate surface area is 167 Å². The molecular formula is C22H20N2O5. The van der Waals surface area contributed by atoms with E-state index in [1.54, 1.807) is 43.5 Å². The van der Waals surface area contributed by atoms with E-state index in [-0.39, 0.29) is 47.9 Å². The van der Waals surface area contributed by atoms with Crippen LogP contribution in [-0.2, 0) is 9.59 Å². The van der Waals surface area contributed by atoms with Crippen molar-refractivity contribution in [1.82, 2.24) is 4.90 Å². The molecular weight excluding hydrogens is 372 g/mol. The summed E-state index contributed by atoms with van der Waals surface area (Å²) in [4.78, 5) is 41.8. The van der Waals surface area contributed by atoms with Crippen LogP contribution in [0, 0.1) is 23.7 Å². The topological polar surface area (TPSA) is 80.1 Å². The van der Waals surface area contributed by atoms with Crippen molar-refractivity contribution >= 4 is 23.4 Å². The predicted molar refractivity (Wildman–Crippen MR) is 103 cm³/mol. The highest BCUT2D eigenvalue weighted by Gasteiger charge is 2.59. The van der Waals surface area contributed by atoms with Gasteiger partial charge >= 0.3 is 0 Å². The zero-order valence-electron chi connectivity index (χ0n) is 15.9. The Morgan fingerprint density at radius 1 is 1.10 bits per heavy atom. The van der Waals surface area contributed by atoms with Gasteiger partial charge in [0.1, 0.15) is 12.4 Å².